The highest BCUT2D eigenvalue weighted by Crippen LogP contribution is 2.31. The summed E-state index contributed by atoms with van der Waals surface area (Å²) in [4.78, 5) is 76.7. The van der Waals surface area contributed by atoms with Crippen molar-refractivity contribution in [3.8, 4) is 0 Å². The number of hydrogen-bond donors (Lipinski definition) is 13. The number of azide groups is 1. The predicted octanol–water partition coefficient (Wildman–Crippen LogP) is -0.340. The Labute approximate surface area is 683 Å². The molecule has 3 aliphatic heterocycles. The van der Waals surface area contributed by atoms with Gasteiger partial charge in [0.05, 0.1) is 197 Å². The molecular formula is C70H107F9N16O25. The summed E-state index contributed by atoms with van der Waals surface area (Å²) in [7, 11) is 0. The number of unbranched alkanes of at least 4 members (excludes halogenated alkanes) is 2. The van der Waals surface area contributed by atoms with Crippen molar-refractivity contribution in [3.05, 3.63) is 64.3 Å². The molecule has 3 aromatic rings. The van der Waals surface area contributed by atoms with Gasteiger partial charge in [0.15, 0.2) is 0 Å². The van der Waals surface area contributed by atoms with Crippen LogP contribution in [0.4, 0.5) is 57.4 Å². The molecule has 0 aromatic carbocycles. The number of hydrogen-bond acceptors (Lipinski definition) is 35. The third kappa shape index (κ3) is 39.7. The Bertz CT molecular complexity index is 3320. The maximum Gasteiger partial charge on any atom is 0.433 e. The molecule has 4 amide bonds. The van der Waals surface area contributed by atoms with E-state index in [2.05, 4.69) is 77.1 Å². The zero-order chi connectivity index (χ0) is 87.0. The normalized spacial score (nSPS) is 21.6. The molecule has 6 rings (SSSR count). The first-order valence-corrected chi connectivity index (χ1v) is 38.5. The highest BCUT2D eigenvalue weighted by molar-refractivity contribution is 5.77. The van der Waals surface area contributed by atoms with E-state index < -0.39 is 156 Å². The van der Waals surface area contributed by atoms with Gasteiger partial charge in [0.2, 0.25) is 41.5 Å². The highest BCUT2D eigenvalue weighted by Gasteiger charge is 2.44. The molecule has 41 nitrogen and oxygen atoms in total. The van der Waals surface area contributed by atoms with Crippen LogP contribution >= 0.6 is 0 Å². The van der Waals surface area contributed by atoms with E-state index in [4.69, 9.17) is 76.6 Å². The molecule has 120 heavy (non-hydrogen) atoms. The topological polar surface area (TPSA) is 538 Å². The Morgan fingerprint density at radius 1 is 0.400 bits per heavy atom. The summed E-state index contributed by atoms with van der Waals surface area (Å²) in [6, 6.07) is -1.02. The van der Waals surface area contributed by atoms with Gasteiger partial charge in [-0.1, -0.05) is 11.5 Å². The number of aliphatic hydroxyl groups excluding tert-OH is 6. The number of carbonyl (C=O) groups excluding carboxylic acids is 4. The van der Waals surface area contributed by atoms with E-state index >= 15 is 0 Å². The van der Waals surface area contributed by atoms with E-state index in [1.165, 1.54) is 0 Å². The first kappa shape index (κ1) is 101. The summed E-state index contributed by atoms with van der Waals surface area (Å²) < 4.78 is 202. The summed E-state index contributed by atoms with van der Waals surface area (Å²) in [5.41, 5.74) is 3.63. The van der Waals surface area contributed by atoms with E-state index in [9.17, 15) is 89.3 Å². The largest absolute Gasteiger partial charge is 0.433 e. The second-order valence-corrected chi connectivity index (χ2v) is 27.1. The summed E-state index contributed by atoms with van der Waals surface area (Å²) >= 11 is 0. The zero-order valence-corrected chi connectivity index (χ0v) is 65.6. The molecule has 0 unspecified atom stereocenters. The van der Waals surface area contributed by atoms with E-state index in [0.717, 1.165) is 18.6 Å². The number of nitrogens with zero attached hydrogens (tertiary/aromatic N) is 9. The van der Waals surface area contributed by atoms with Gasteiger partial charge in [0.25, 0.3) is 0 Å². The fourth-order valence-corrected chi connectivity index (χ4v) is 11.3. The predicted molar refractivity (Wildman–Crippen MR) is 395 cm³/mol. The van der Waals surface area contributed by atoms with Crippen molar-refractivity contribution in [1.82, 2.24) is 51.2 Å². The number of aromatic nitrogens is 6. The lowest BCUT2D eigenvalue weighted by Gasteiger charge is -2.37. The molecule has 0 saturated carbocycles. The number of nitrogens with one attached hydrogen (secondary N) is 7. The second-order valence-electron chi connectivity index (χ2n) is 27.1. The number of halogens is 9. The molecule has 0 radical (unpaired) electrons. The van der Waals surface area contributed by atoms with Crippen molar-refractivity contribution in [2.45, 2.75) is 142 Å². The van der Waals surface area contributed by atoms with E-state index in [-0.39, 0.29) is 230 Å². The number of carbonyl (C=O) groups is 4. The van der Waals surface area contributed by atoms with Gasteiger partial charge in [-0.25, -0.2) is 29.9 Å². The molecule has 680 valence electrons. The van der Waals surface area contributed by atoms with Crippen LogP contribution in [0.25, 0.3) is 10.4 Å². The van der Waals surface area contributed by atoms with Gasteiger partial charge in [-0.3, -0.25) is 19.2 Å². The van der Waals surface area contributed by atoms with Crippen molar-refractivity contribution in [2.24, 2.45) is 5.11 Å². The lowest BCUT2D eigenvalue weighted by atomic mass is 9.98. The number of aliphatic hydroxyl groups is 6. The Balaban J connectivity index is 0.864. The van der Waals surface area contributed by atoms with Gasteiger partial charge in [0, 0.05) is 75.4 Å². The van der Waals surface area contributed by atoms with Crippen LogP contribution in [0.15, 0.2) is 41.9 Å². The Hall–Kier alpha value is -7.64. The van der Waals surface area contributed by atoms with E-state index in [1.54, 1.807) is 0 Å². The van der Waals surface area contributed by atoms with E-state index in [1.807, 2.05) is 0 Å². The summed E-state index contributed by atoms with van der Waals surface area (Å²) in [5.74, 6) is -2.98. The van der Waals surface area contributed by atoms with Crippen LogP contribution in [0.2, 0.25) is 0 Å². The van der Waals surface area contributed by atoms with Crippen LogP contribution in [-0.4, -0.2) is 367 Å². The molecule has 3 aromatic heterocycles. The molecule has 3 saturated heterocycles. The minimum Gasteiger partial charge on any atom is -0.388 e. The second kappa shape index (κ2) is 55.5. The molecule has 3 fully saturated rings. The number of ether oxygens (including phenoxy) is 15. The first-order valence-electron chi connectivity index (χ1n) is 38.5. The summed E-state index contributed by atoms with van der Waals surface area (Å²) in [6.45, 7) is 0.166. The molecule has 0 spiro atoms. The molecule has 50 heteroatoms. The van der Waals surface area contributed by atoms with Crippen molar-refractivity contribution < 1.29 is 160 Å². The van der Waals surface area contributed by atoms with Crippen molar-refractivity contribution in [1.29, 1.82) is 0 Å². The fraction of sp³-hybridized carbons (Fsp3) is 0.771. The number of alkyl halides is 9. The minimum absolute atomic E-state index is 0.0131. The summed E-state index contributed by atoms with van der Waals surface area (Å²) in [5, 5.41) is 85.9. The lowest BCUT2D eigenvalue weighted by Crippen LogP contribution is -2.58. The fourth-order valence-electron chi connectivity index (χ4n) is 11.3. The molecule has 13 N–H and O–H groups in total. The zero-order valence-electron chi connectivity index (χ0n) is 65.6. The van der Waals surface area contributed by atoms with Crippen molar-refractivity contribution >= 4 is 41.5 Å². The van der Waals surface area contributed by atoms with Gasteiger partial charge in [-0.05, 0) is 36.6 Å². The van der Waals surface area contributed by atoms with Crippen LogP contribution in [-0.2, 0) is 109 Å². The SMILES string of the molecule is [N-]=[N+]=NCCCCCC(=O)NC(COCCC(=O)NCCOCCOCCOCCOC[C@H]1OC[C@H](Nc2nccc(C(F)(F)F)n2)[C@@H](O)[C@H]1O)(COCCC(=O)NCCOCCOCCOCCOC[C@H]1OC[C@H](Nc2nccc(C(F)(F)F)n2)[C@@H](O)[C@H]1O)COCCC(=O)NCCOC[C@H]1OC[C@H](Nc2nccc(C(F)(F)F)n2)[C@@H](O)[C@H]1O. The van der Waals surface area contributed by atoms with Crippen LogP contribution in [0, 0.1) is 0 Å². The van der Waals surface area contributed by atoms with Crippen LogP contribution in [0.1, 0.15) is 62.0 Å². The van der Waals surface area contributed by atoms with Crippen molar-refractivity contribution in [3.63, 3.8) is 0 Å². The Kier molecular flexibility index (Phi) is 46.8. The van der Waals surface area contributed by atoms with Gasteiger partial charge < -0.3 is 139 Å². The monoisotopic (exact) mass is 1740 g/mol. The standard InChI is InChI=1S/C70H107F9N16O25/c71-68(72,73)51-5-12-84-64(91-51)88-45-36-118-48(61(103)58(45)100)39-112-23-17-83-56(98)10-20-117-44-67(94-57(99)4-2-1-3-11-87-95-80,42-115-18-8-54(96)81-15-21-106-24-26-108-28-30-110-32-34-113-40-49-62(104)59(101)46(37-119-49)89-65-85-13-6-52(92-65)69(74,75)76)43-116-19-9-55(97)82-16-22-107-25-27-109-29-31-111-33-35-114-41-50-63(105)60(102)47(38-120-50)90-66-86-14-7-53(93-66)70(77,78)79/h5-7,12-14,45-50,58-63,100-105H,1-4,8-11,15-44H2,(H,81,96)(H,82,97)(H,83,98)(H,94,99)(H,84,88,91)(H,85,89,92)(H,86,90,93)/t45-,46-,47-,48+,49+,50+,58+,59+,60+,61-,62-,63-/m0/s1. The smallest absolute Gasteiger partial charge is 0.388 e. The number of anilines is 3. The molecule has 6 heterocycles. The maximum atomic E-state index is 13.7. The third-order valence-electron chi connectivity index (χ3n) is 17.6. The highest BCUT2D eigenvalue weighted by atomic mass is 19.4. The van der Waals surface area contributed by atoms with Gasteiger partial charge >= 0.3 is 18.5 Å². The average Bonchev–Trinajstić information content (AvgIpc) is 0.826. The Morgan fingerprint density at radius 3 is 1.02 bits per heavy atom. The number of rotatable bonds is 61. The van der Waals surface area contributed by atoms with Crippen LogP contribution in [0.5, 0.6) is 0 Å². The van der Waals surface area contributed by atoms with Gasteiger partial charge in [-0.2, -0.15) is 39.5 Å². The van der Waals surface area contributed by atoms with Gasteiger partial charge in [-0.15, -0.1) is 0 Å². The number of amides is 4. The van der Waals surface area contributed by atoms with Crippen LogP contribution < -0.4 is 37.2 Å². The van der Waals surface area contributed by atoms with Crippen molar-refractivity contribution in [2.75, 3.05) is 221 Å². The van der Waals surface area contributed by atoms with Crippen LogP contribution in [0.3, 0.4) is 0 Å². The quantitative estimate of drug-likeness (QED) is 0.0113. The van der Waals surface area contributed by atoms with E-state index in [0.29, 0.717) is 37.5 Å². The molecular weight excluding hydrogens is 1640 g/mol. The molecule has 0 bridgehead atoms. The summed E-state index contributed by atoms with van der Waals surface area (Å²) in [6.07, 6.45) is -22.2. The van der Waals surface area contributed by atoms with Gasteiger partial charge in [0.1, 0.15) is 77.6 Å². The molecule has 3 aliphatic rings. The minimum atomic E-state index is -4.75. The average molecular weight is 1740 g/mol. The first-order chi connectivity index (χ1) is 57.5. The Morgan fingerprint density at radius 2 is 0.700 bits per heavy atom. The molecule has 0 aliphatic carbocycles. The lowest BCUT2D eigenvalue weighted by molar-refractivity contribution is -0.161. The molecule has 12 atom stereocenters. The maximum absolute atomic E-state index is 13.7. The third-order valence-corrected chi connectivity index (χ3v) is 17.6.